The van der Waals surface area contributed by atoms with Gasteiger partial charge in [-0.3, -0.25) is 19.2 Å². The van der Waals surface area contributed by atoms with Crippen LogP contribution >= 0.6 is 0 Å². The Hall–Kier alpha value is -2.84. The standard InChI is InChI=1S/C28H42F3N5O4/c1-26(2,3)21(34-25(40)28(29,30)31)24(39)36-15-18(16-8-6-7-9-16)13-20(36)23(38)33-19(14-32)12-17-10-11-27(4,5)35-22(17)37/h16-21H,6-13,15H2,1-5H3,(H,33,38)(H,34,40)(H,35,37). The van der Waals surface area contributed by atoms with Gasteiger partial charge in [-0.2, -0.15) is 18.4 Å². The number of nitrogens with zero attached hydrogens (tertiary/aromatic N) is 2. The van der Waals surface area contributed by atoms with Gasteiger partial charge >= 0.3 is 12.1 Å². The normalized spacial score (nSPS) is 26.9. The first kappa shape index (κ1) is 31.7. The Morgan fingerprint density at radius 2 is 1.73 bits per heavy atom. The maximum absolute atomic E-state index is 13.8. The molecule has 0 aromatic rings. The molecule has 224 valence electrons. The van der Waals surface area contributed by atoms with Gasteiger partial charge in [0.1, 0.15) is 18.1 Å². The smallest absolute Gasteiger partial charge is 0.351 e. The van der Waals surface area contributed by atoms with E-state index in [0.717, 1.165) is 32.1 Å². The van der Waals surface area contributed by atoms with E-state index in [2.05, 4.69) is 10.6 Å². The molecule has 2 saturated heterocycles. The largest absolute Gasteiger partial charge is 0.471 e. The molecule has 0 bridgehead atoms. The first-order valence-electron chi connectivity index (χ1n) is 14.1. The molecule has 3 N–H and O–H groups in total. The number of hydrogen-bond acceptors (Lipinski definition) is 5. The first-order chi connectivity index (χ1) is 18.4. The van der Waals surface area contributed by atoms with E-state index in [1.54, 1.807) is 20.8 Å². The van der Waals surface area contributed by atoms with Crippen LogP contribution in [-0.2, 0) is 19.2 Å². The molecule has 5 atom stereocenters. The molecule has 0 spiro atoms. The molecule has 3 aliphatic rings. The number of nitrogens with one attached hydrogen (secondary N) is 3. The van der Waals surface area contributed by atoms with E-state index in [1.807, 2.05) is 25.2 Å². The summed E-state index contributed by atoms with van der Waals surface area (Å²) in [4.78, 5) is 53.0. The van der Waals surface area contributed by atoms with Gasteiger partial charge in [0.25, 0.3) is 0 Å². The van der Waals surface area contributed by atoms with Crippen LogP contribution in [0.25, 0.3) is 0 Å². The topological polar surface area (TPSA) is 131 Å². The number of likely N-dealkylation sites (tertiary alicyclic amines) is 1. The number of piperidine rings is 1. The molecule has 9 nitrogen and oxygen atoms in total. The molecule has 4 amide bonds. The van der Waals surface area contributed by atoms with Crippen molar-refractivity contribution < 1.29 is 32.3 Å². The van der Waals surface area contributed by atoms with Gasteiger partial charge in [0.2, 0.25) is 17.7 Å². The Morgan fingerprint density at radius 3 is 2.25 bits per heavy atom. The van der Waals surface area contributed by atoms with Crippen molar-refractivity contribution in [3.8, 4) is 6.07 Å². The number of amides is 4. The van der Waals surface area contributed by atoms with Crippen molar-refractivity contribution in [1.82, 2.24) is 20.9 Å². The quantitative estimate of drug-likeness (QED) is 0.434. The molecule has 2 aliphatic heterocycles. The second-order valence-corrected chi connectivity index (χ2v) is 13.4. The average molecular weight is 570 g/mol. The molecule has 3 fully saturated rings. The Morgan fingerprint density at radius 1 is 1.10 bits per heavy atom. The fourth-order valence-electron chi connectivity index (χ4n) is 6.24. The zero-order valence-corrected chi connectivity index (χ0v) is 24.0. The Kier molecular flexibility index (Phi) is 9.47. The number of hydrogen-bond donors (Lipinski definition) is 3. The maximum atomic E-state index is 13.8. The fourth-order valence-corrected chi connectivity index (χ4v) is 6.24. The first-order valence-corrected chi connectivity index (χ1v) is 14.1. The van der Waals surface area contributed by atoms with E-state index in [1.165, 1.54) is 4.90 Å². The molecule has 40 heavy (non-hydrogen) atoms. The van der Waals surface area contributed by atoms with E-state index in [4.69, 9.17) is 0 Å². The molecule has 1 aliphatic carbocycles. The summed E-state index contributed by atoms with van der Waals surface area (Å²) in [6, 6.07) is -1.44. The highest BCUT2D eigenvalue weighted by Crippen LogP contribution is 2.39. The highest BCUT2D eigenvalue weighted by molar-refractivity contribution is 5.94. The minimum absolute atomic E-state index is 0.0203. The molecule has 1 saturated carbocycles. The van der Waals surface area contributed by atoms with Crippen LogP contribution in [0.5, 0.6) is 0 Å². The van der Waals surface area contributed by atoms with Gasteiger partial charge in [-0.25, -0.2) is 0 Å². The van der Waals surface area contributed by atoms with Crippen LogP contribution in [0.15, 0.2) is 0 Å². The molecule has 2 heterocycles. The predicted molar refractivity (Wildman–Crippen MR) is 140 cm³/mol. The van der Waals surface area contributed by atoms with E-state index in [-0.39, 0.29) is 36.2 Å². The molecule has 0 radical (unpaired) electrons. The second kappa shape index (κ2) is 12.0. The monoisotopic (exact) mass is 569 g/mol. The third kappa shape index (κ3) is 7.67. The highest BCUT2D eigenvalue weighted by atomic mass is 19.4. The summed E-state index contributed by atoms with van der Waals surface area (Å²) in [5.41, 5.74) is -1.41. The van der Waals surface area contributed by atoms with Crippen LogP contribution in [0.4, 0.5) is 13.2 Å². The Labute approximate surface area is 234 Å². The Balaban J connectivity index is 1.80. The summed E-state index contributed by atoms with van der Waals surface area (Å²) < 4.78 is 39.3. The van der Waals surface area contributed by atoms with Gasteiger partial charge in [0, 0.05) is 18.0 Å². The minimum Gasteiger partial charge on any atom is -0.351 e. The highest BCUT2D eigenvalue weighted by Gasteiger charge is 2.49. The van der Waals surface area contributed by atoms with Crippen molar-refractivity contribution in [2.75, 3.05) is 6.54 Å². The number of halogens is 3. The number of nitriles is 1. The summed E-state index contributed by atoms with van der Waals surface area (Å²) >= 11 is 0. The summed E-state index contributed by atoms with van der Waals surface area (Å²) in [7, 11) is 0. The van der Waals surface area contributed by atoms with E-state index in [0.29, 0.717) is 12.8 Å². The zero-order valence-electron chi connectivity index (χ0n) is 24.0. The summed E-state index contributed by atoms with van der Waals surface area (Å²) in [5, 5.41) is 17.2. The summed E-state index contributed by atoms with van der Waals surface area (Å²) in [5.74, 6) is -3.92. The molecule has 12 heteroatoms. The molecule has 0 aromatic heterocycles. The zero-order chi connectivity index (χ0) is 30.0. The van der Waals surface area contributed by atoms with Crippen molar-refractivity contribution >= 4 is 23.6 Å². The molecule has 3 rings (SSSR count). The van der Waals surface area contributed by atoms with Crippen LogP contribution < -0.4 is 16.0 Å². The van der Waals surface area contributed by atoms with Crippen molar-refractivity contribution in [2.45, 2.75) is 116 Å². The van der Waals surface area contributed by atoms with Gasteiger partial charge in [-0.05, 0) is 56.8 Å². The minimum atomic E-state index is -5.17. The average Bonchev–Trinajstić information content (AvgIpc) is 3.51. The van der Waals surface area contributed by atoms with Gasteiger partial charge in [-0.1, -0.05) is 46.5 Å². The third-order valence-corrected chi connectivity index (χ3v) is 8.57. The number of carbonyl (C=O) groups excluding carboxylic acids is 4. The van der Waals surface area contributed by atoms with Crippen LogP contribution in [0.3, 0.4) is 0 Å². The lowest BCUT2D eigenvalue weighted by Crippen LogP contribution is -2.59. The number of rotatable bonds is 7. The Bertz CT molecular complexity index is 1030. The lowest BCUT2D eigenvalue weighted by Gasteiger charge is -2.36. The SMILES string of the molecule is CC1(C)CCC(CC(C#N)NC(=O)C2CC(C3CCCC3)CN2C(=O)C(NC(=O)C(F)(F)F)C(C)(C)C)C(=O)N1. The fraction of sp³-hybridized carbons (Fsp3) is 0.821. The summed E-state index contributed by atoms with van der Waals surface area (Å²) in [6.07, 6.45) is 0.525. The number of alkyl halides is 3. The molecular weight excluding hydrogens is 527 g/mol. The molecule has 0 aromatic carbocycles. The van der Waals surface area contributed by atoms with Crippen molar-refractivity contribution in [1.29, 1.82) is 5.26 Å². The number of carbonyl (C=O) groups is 4. The van der Waals surface area contributed by atoms with E-state index >= 15 is 0 Å². The molecular formula is C28H42F3N5O4. The molecule has 5 unspecified atom stereocenters. The van der Waals surface area contributed by atoms with Crippen LogP contribution in [0.2, 0.25) is 0 Å². The maximum Gasteiger partial charge on any atom is 0.471 e. The van der Waals surface area contributed by atoms with Crippen LogP contribution in [-0.4, -0.2) is 64.9 Å². The van der Waals surface area contributed by atoms with Crippen LogP contribution in [0, 0.1) is 34.5 Å². The lowest BCUT2D eigenvalue weighted by molar-refractivity contribution is -0.176. The van der Waals surface area contributed by atoms with Gasteiger partial charge < -0.3 is 20.9 Å². The van der Waals surface area contributed by atoms with Gasteiger partial charge in [0.05, 0.1) is 6.07 Å². The van der Waals surface area contributed by atoms with Crippen LogP contribution in [0.1, 0.15) is 86.0 Å². The van der Waals surface area contributed by atoms with Gasteiger partial charge in [-0.15, -0.1) is 0 Å². The third-order valence-electron chi connectivity index (χ3n) is 8.57. The predicted octanol–water partition coefficient (Wildman–Crippen LogP) is 3.19. The van der Waals surface area contributed by atoms with E-state index in [9.17, 15) is 37.6 Å². The second-order valence-electron chi connectivity index (χ2n) is 13.4. The van der Waals surface area contributed by atoms with Crippen molar-refractivity contribution in [2.24, 2.45) is 23.2 Å². The van der Waals surface area contributed by atoms with Gasteiger partial charge in [0.15, 0.2) is 0 Å². The summed E-state index contributed by atoms with van der Waals surface area (Å²) in [6.45, 7) is 8.67. The lowest BCUT2D eigenvalue weighted by atomic mass is 9.83. The van der Waals surface area contributed by atoms with E-state index < -0.39 is 53.4 Å². The van der Waals surface area contributed by atoms with Crippen molar-refractivity contribution in [3.63, 3.8) is 0 Å². The van der Waals surface area contributed by atoms with Crippen molar-refractivity contribution in [3.05, 3.63) is 0 Å².